The normalized spacial score (nSPS) is 12.2. The molecular weight excluding hydrogens is 244 g/mol. The predicted octanol–water partition coefficient (Wildman–Crippen LogP) is 1.02. The van der Waals surface area contributed by atoms with Gasteiger partial charge in [0, 0.05) is 26.5 Å². The zero-order chi connectivity index (χ0) is 14.0. The quantitative estimate of drug-likeness (QED) is 0.894. The van der Waals surface area contributed by atoms with Gasteiger partial charge in [-0.2, -0.15) is 5.10 Å². The molecule has 1 unspecified atom stereocenters. The Kier molecular flexibility index (Phi) is 3.62. The Bertz CT molecular complexity index is 590. The minimum Gasteiger partial charge on any atom is -0.389 e. The molecule has 1 atom stereocenters. The lowest BCUT2D eigenvalue weighted by Gasteiger charge is -2.08. The van der Waals surface area contributed by atoms with Crippen LogP contribution in [0.5, 0.6) is 0 Å². The van der Waals surface area contributed by atoms with E-state index in [-0.39, 0.29) is 5.91 Å². The van der Waals surface area contributed by atoms with Crippen molar-refractivity contribution in [2.75, 3.05) is 14.1 Å². The second-order valence-corrected chi connectivity index (χ2v) is 4.47. The van der Waals surface area contributed by atoms with E-state index < -0.39 is 6.10 Å². The van der Waals surface area contributed by atoms with E-state index in [9.17, 15) is 9.90 Å². The van der Waals surface area contributed by atoms with Gasteiger partial charge in [0.05, 0.1) is 6.10 Å². The maximum absolute atomic E-state index is 11.8. The van der Waals surface area contributed by atoms with Crippen molar-refractivity contribution < 1.29 is 9.90 Å². The van der Waals surface area contributed by atoms with Crippen molar-refractivity contribution in [3.63, 3.8) is 0 Å². The van der Waals surface area contributed by atoms with Crippen LogP contribution in [0.3, 0.4) is 0 Å². The first-order valence-corrected chi connectivity index (χ1v) is 5.90. The summed E-state index contributed by atoms with van der Waals surface area (Å²) < 4.78 is 1.52. The number of aromatic nitrogens is 3. The predicted molar refractivity (Wildman–Crippen MR) is 70.0 cm³/mol. The summed E-state index contributed by atoms with van der Waals surface area (Å²) in [4.78, 5) is 17.4. The molecule has 0 aliphatic heterocycles. The van der Waals surface area contributed by atoms with Crippen molar-refractivity contribution in [2.24, 2.45) is 0 Å². The van der Waals surface area contributed by atoms with Crippen molar-refractivity contribution in [1.82, 2.24) is 19.7 Å². The fraction of sp³-hybridized carbons (Fsp3) is 0.308. The first kappa shape index (κ1) is 13.2. The minimum absolute atomic E-state index is 0.162. The first-order chi connectivity index (χ1) is 8.99. The van der Waals surface area contributed by atoms with Gasteiger partial charge in [-0.15, -0.1) is 0 Å². The van der Waals surface area contributed by atoms with E-state index in [1.165, 1.54) is 9.58 Å². The van der Waals surface area contributed by atoms with Gasteiger partial charge in [-0.25, -0.2) is 9.67 Å². The van der Waals surface area contributed by atoms with Crippen LogP contribution in [0.25, 0.3) is 5.82 Å². The summed E-state index contributed by atoms with van der Waals surface area (Å²) >= 11 is 0. The highest BCUT2D eigenvalue weighted by Crippen LogP contribution is 2.14. The molecule has 2 rings (SSSR count). The zero-order valence-corrected chi connectivity index (χ0v) is 11.1. The van der Waals surface area contributed by atoms with Crippen molar-refractivity contribution >= 4 is 5.91 Å². The maximum Gasteiger partial charge on any atom is 0.273 e. The van der Waals surface area contributed by atoms with Crippen LogP contribution in [-0.2, 0) is 0 Å². The summed E-state index contributed by atoms with van der Waals surface area (Å²) in [6.45, 7) is 1.68. The molecule has 100 valence electrons. The molecule has 0 aliphatic carbocycles. The molecule has 0 aromatic carbocycles. The van der Waals surface area contributed by atoms with E-state index in [0.717, 1.165) is 5.56 Å². The molecule has 2 aromatic heterocycles. The van der Waals surface area contributed by atoms with Gasteiger partial charge in [-0.05, 0) is 30.7 Å². The summed E-state index contributed by atoms with van der Waals surface area (Å²) in [5.41, 5.74) is 1.11. The Balaban J connectivity index is 2.33. The number of hydrogen-bond acceptors (Lipinski definition) is 4. The fourth-order valence-electron chi connectivity index (χ4n) is 1.61. The van der Waals surface area contributed by atoms with Gasteiger partial charge in [0.2, 0.25) is 0 Å². The number of carbonyl (C=O) groups is 1. The van der Waals surface area contributed by atoms with Crippen LogP contribution in [0.4, 0.5) is 0 Å². The number of pyridine rings is 1. The number of aliphatic hydroxyl groups is 1. The van der Waals surface area contributed by atoms with Gasteiger partial charge in [0.1, 0.15) is 0 Å². The molecule has 6 nitrogen and oxygen atoms in total. The molecule has 0 fully saturated rings. The van der Waals surface area contributed by atoms with Gasteiger partial charge >= 0.3 is 0 Å². The maximum atomic E-state index is 11.8. The molecule has 0 spiro atoms. The summed E-state index contributed by atoms with van der Waals surface area (Å²) in [5, 5.41) is 13.7. The van der Waals surface area contributed by atoms with Crippen LogP contribution in [-0.4, -0.2) is 44.8 Å². The Labute approximate surface area is 111 Å². The van der Waals surface area contributed by atoms with Crippen LogP contribution in [0.1, 0.15) is 29.1 Å². The van der Waals surface area contributed by atoms with E-state index in [2.05, 4.69) is 10.1 Å². The summed E-state index contributed by atoms with van der Waals surface area (Å²) in [6, 6.07) is 5.12. The molecule has 0 aliphatic rings. The molecule has 2 aromatic rings. The monoisotopic (exact) mass is 260 g/mol. The van der Waals surface area contributed by atoms with E-state index in [4.69, 9.17) is 0 Å². The summed E-state index contributed by atoms with van der Waals surface area (Å²) in [6.07, 6.45) is 2.71. The molecule has 0 saturated heterocycles. The number of carbonyl (C=O) groups excluding carboxylic acids is 1. The van der Waals surface area contributed by atoms with Crippen LogP contribution in [0.2, 0.25) is 0 Å². The molecule has 0 radical (unpaired) electrons. The van der Waals surface area contributed by atoms with Crippen LogP contribution in [0.15, 0.2) is 30.6 Å². The number of nitrogens with zero attached hydrogens (tertiary/aromatic N) is 4. The Morgan fingerprint density at radius 1 is 1.42 bits per heavy atom. The number of aliphatic hydroxyl groups excluding tert-OH is 1. The molecule has 1 amide bonds. The number of amides is 1. The lowest BCUT2D eigenvalue weighted by atomic mass is 10.2. The minimum atomic E-state index is -0.569. The molecule has 19 heavy (non-hydrogen) atoms. The van der Waals surface area contributed by atoms with Gasteiger partial charge in [-0.1, -0.05) is 0 Å². The average Bonchev–Trinajstić information content (AvgIpc) is 2.87. The van der Waals surface area contributed by atoms with Crippen molar-refractivity contribution in [2.45, 2.75) is 13.0 Å². The largest absolute Gasteiger partial charge is 0.389 e. The van der Waals surface area contributed by atoms with Gasteiger partial charge < -0.3 is 10.0 Å². The molecular formula is C13H16N4O2. The Morgan fingerprint density at radius 3 is 2.79 bits per heavy atom. The Morgan fingerprint density at radius 2 is 2.16 bits per heavy atom. The second kappa shape index (κ2) is 5.19. The highest BCUT2D eigenvalue weighted by Gasteiger charge is 2.12. The first-order valence-electron chi connectivity index (χ1n) is 5.90. The fourth-order valence-corrected chi connectivity index (χ4v) is 1.61. The van der Waals surface area contributed by atoms with Crippen LogP contribution >= 0.6 is 0 Å². The van der Waals surface area contributed by atoms with Crippen LogP contribution < -0.4 is 0 Å². The van der Waals surface area contributed by atoms with E-state index in [1.54, 1.807) is 51.6 Å². The van der Waals surface area contributed by atoms with Gasteiger partial charge in [-0.3, -0.25) is 4.79 Å². The number of rotatable bonds is 3. The molecule has 1 N–H and O–H groups in total. The standard InChI is InChI=1S/C13H16N4O2/c1-9(18)10-4-6-14-12(8-10)17-7-5-11(15-17)13(19)16(2)3/h4-9,18H,1-3H3. The SMILES string of the molecule is CC(O)c1ccnc(-n2ccc(C(=O)N(C)C)n2)c1. The summed E-state index contributed by atoms with van der Waals surface area (Å²) in [5.74, 6) is 0.404. The van der Waals surface area contributed by atoms with Crippen molar-refractivity contribution in [1.29, 1.82) is 0 Å². The third-order valence-electron chi connectivity index (χ3n) is 2.70. The van der Waals surface area contributed by atoms with Crippen LogP contribution in [0, 0.1) is 0 Å². The molecule has 0 saturated carbocycles. The smallest absolute Gasteiger partial charge is 0.273 e. The molecule has 2 heterocycles. The topological polar surface area (TPSA) is 71.2 Å². The second-order valence-electron chi connectivity index (χ2n) is 4.47. The lowest BCUT2D eigenvalue weighted by Crippen LogP contribution is -2.22. The molecule has 6 heteroatoms. The molecule has 0 bridgehead atoms. The Hall–Kier alpha value is -2.21. The highest BCUT2D eigenvalue weighted by atomic mass is 16.3. The third-order valence-corrected chi connectivity index (χ3v) is 2.70. The van der Waals surface area contributed by atoms with Crippen molar-refractivity contribution in [3.05, 3.63) is 41.9 Å². The van der Waals surface area contributed by atoms with Gasteiger partial charge in [0.25, 0.3) is 5.91 Å². The average molecular weight is 260 g/mol. The third kappa shape index (κ3) is 2.79. The van der Waals surface area contributed by atoms with Crippen molar-refractivity contribution in [3.8, 4) is 5.82 Å². The summed E-state index contributed by atoms with van der Waals surface area (Å²) in [7, 11) is 3.35. The lowest BCUT2D eigenvalue weighted by molar-refractivity contribution is 0.0821. The number of hydrogen-bond donors (Lipinski definition) is 1. The highest BCUT2D eigenvalue weighted by molar-refractivity contribution is 5.91. The van der Waals surface area contributed by atoms with Gasteiger partial charge in [0.15, 0.2) is 11.5 Å². The van der Waals surface area contributed by atoms with E-state index >= 15 is 0 Å². The van der Waals surface area contributed by atoms with E-state index in [0.29, 0.717) is 11.5 Å². The van der Waals surface area contributed by atoms with E-state index in [1.807, 2.05) is 0 Å². The zero-order valence-electron chi connectivity index (χ0n) is 11.1.